The maximum absolute atomic E-state index is 14.2. The van der Waals surface area contributed by atoms with Crippen LogP contribution in [0.4, 0.5) is 11.4 Å². The number of hydrogen-bond donors (Lipinski definition) is 0. The van der Waals surface area contributed by atoms with E-state index in [-0.39, 0.29) is 17.7 Å². The van der Waals surface area contributed by atoms with Crippen LogP contribution >= 0.6 is 0 Å². The van der Waals surface area contributed by atoms with Gasteiger partial charge in [0, 0.05) is 54.7 Å². The number of ketones is 1. The van der Waals surface area contributed by atoms with Crippen LogP contribution in [-0.4, -0.2) is 62.3 Å². The van der Waals surface area contributed by atoms with E-state index in [1.807, 2.05) is 30.2 Å². The number of fused-ring (bicyclic) bond motifs is 4. The number of nitrogens with zero attached hydrogens (tertiary/aromatic N) is 3. The smallest absolute Gasteiger partial charge is 0.258 e. The Morgan fingerprint density at radius 3 is 2.27 bits per heavy atom. The number of rotatable bonds is 10. The number of hydrogen-bond acceptors (Lipinski definition) is 7. The van der Waals surface area contributed by atoms with Crippen molar-refractivity contribution < 1.29 is 23.8 Å². The number of ether oxygens (including phenoxy) is 3. The fraction of sp³-hybridized carbons (Fsp3) is 0.327. The summed E-state index contributed by atoms with van der Waals surface area (Å²) < 4.78 is 18.3. The lowest BCUT2D eigenvalue weighted by Gasteiger charge is -2.30. The van der Waals surface area contributed by atoms with Gasteiger partial charge in [0.15, 0.2) is 17.3 Å². The number of carbonyl (C=O) groups is 2. The first-order chi connectivity index (χ1) is 30.5. The average Bonchev–Trinajstić information content (AvgIpc) is 3.85. The van der Waals surface area contributed by atoms with E-state index in [4.69, 9.17) is 19.2 Å². The maximum Gasteiger partial charge on any atom is 0.258 e. The molecule has 1 saturated heterocycles. The fourth-order valence-electron chi connectivity index (χ4n) is 9.63. The molecule has 63 heavy (non-hydrogen) atoms. The molecule has 4 heterocycles. The minimum Gasteiger partial charge on any atom is -0.493 e. The zero-order chi connectivity index (χ0) is 43.8. The molecule has 8 nitrogen and oxygen atoms in total. The number of aryl methyl sites for hydroxylation is 2. The molecule has 1 amide bonds. The molecule has 2 atom stereocenters. The molecule has 0 bridgehead atoms. The third-order valence-corrected chi connectivity index (χ3v) is 13.4. The topological polar surface area (TPSA) is 80.7 Å². The molecule has 0 aromatic heterocycles. The molecule has 1 unspecified atom stereocenters. The van der Waals surface area contributed by atoms with Gasteiger partial charge in [0.25, 0.3) is 5.91 Å². The lowest BCUT2D eigenvalue weighted by atomic mass is 9.82. The van der Waals surface area contributed by atoms with Crippen LogP contribution in [0.2, 0.25) is 0 Å². The van der Waals surface area contributed by atoms with Gasteiger partial charge in [-0.25, -0.2) is 0 Å². The highest BCUT2D eigenvalue weighted by molar-refractivity contribution is 6.11. The molecule has 0 spiro atoms. The monoisotopic (exact) mass is 839 g/mol. The zero-order valence-electron chi connectivity index (χ0n) is 37.4. The summed E-state index contributed by atoms with van der Waals surface area (Å²) in [6, 6.07) is 24.9. The van der Waals surface area contributed by atoms with Gasteiger partial charge in [-0.15, -0.1) is 0 Å². The number of allylic oxidation sites excluding steroid dienone is 6. The van der Waals surface area contributed by atoms with Crippen molar-refractivity contribution in [2.24, 2.45) is 10.4 Å². The van der Waals surface area contributed by atoms with Crippen LogP contribution < -0.4 is 19.1 Å². The number of anilines is 1. The van der Waals surface area contributed by atoms with E-state index in [2.05, 4.69) is 106 Å². The molecule has 0 radical (unpaired) electrons. The Kier molecular flexibility index (Phi) is 11.6. The first-order valence-corrected chi connectivity index (χ1v) is 22.4. The molecule has 0 saturated carbocycles. The van der Waals surface area contributed by atoms with Crippen molar-refractivity contribution in [3.63, 3.8) is 0 Å². The van der Waals surface area contributed by atoms with Crippen LogP contribution in [0.3, 0.4) is 0 Å². The minimum atomic E-state index is -0.407. The molecule has 8 heteroatoms. The van der Waals surface area contributed by atoms with E-state index in [0.717, 1.165) is 72.3 Å². The predicted molar refractivity (Wildman–Crippen MR) is 254 cm³/mol. The summed E-state index contributed by atoms with van der Waals surface area (Å²) in [5, 5.41) is 0. The Labute approximate surface area is 372 Å². The molecule has 4 aromatic carbocycles. The molecule has 0 N–H and O–H groups in total. The van der Waals surface area contributed by atoms with Gasteiger partial charge < -0.3 is 24.0 Å². The summed E-state index contributed by atoms with van der Waals surface area (Å²) in [5.41, 5.74) is 14.1. The highest BCUT2D eigenvalue weighted by Crippen LogP contribution is 2.47. The van der Waals surface area contributed by atoms with E-state index in [9.17, 15) is 9.59 Å². The standard InChI is InChI=1S/C55H57N3O5/c1-7-38-17-19-57(20-18-38)45-15-13-40(14-16-45)43-27-46-24-36(3)23-41-28-51(37(4)25-47(41)54(60)58(46)33-43)62-21-8-22-63-53-31-49-48(30-52(53)61-6)50(59)29-44-26-42(32-55(44,5)34-56-49)39-11-9-35(2)10-12-39/h7,9-16,24-26,28-31,33-34,46H,8,17-23,27,32H2,1-6H3/t46?,55-/m0/s1. The number of benzene rings is 4. The Bertz CT molecular complexity index is 2650. The van der Waals surface area contributed by atoms with Crippen LogP contribution in [0, 0.1) is 19.3 Å². The SMILES string of the molecule is CC=C1CCN(c2ccc(C3=CN4C(=O)c5cc(C)c(OCCCOc6cc7c(cc6OC)C(=O)C=C6C=C(c8ccc(C)cc8)C[C@@]6(C)C=N7)cc5CC(C)=CC4C3)cc2)CC1. The minimum absolute atomic E-state index is 0.0110. The van der Waals surface area contributed by atoms with Crippen molar-refractivity contribution in [3.8, 4) is 17.2 Å². The summed E-state index contributed by atoms with van der Waals surface area (Å²) in [4.78, 5) is 37.2. The molecule has 5 aliphatic rings. The lowest BCUT2D eigenvalue weighted by molar-refractivity contribution is 0.0803. The Morgan fingerprint density at radius 1 is 0.825 bits per heavy atom. The van der Waals surface area contributed by atoms with Gasteiger partial charge in [0.1, 0.15) is 5.75 Å². The normalized spacial score (nSPS) is 20.5. The van der Waals surface area contributed by atoms with Crippen LogP contribution in [0.25, 0.3) is 11.1 Å². The van der Waals surface area contributed by atoms with Crippen LogP contribution in [-0.2, 0) is 6.42 Å². The van der Waals surface area contributed by atoms with E-state index in [1.165, 1.54) is 33.5 Å². The van der Waals surface area contributed by atoms with Gasteiger partial charge in [-0.05, 0) is 135 Å². The Balaban J connectivity index is 0.838. The number of methoxy groups -OCH3 is 1. The molecular weight excluding hydrogens is 783 g/mol. The molecule has 322 valence electrons. The van der Waals surface area contributed by atoms with E-state index >= 15 is 0 Å². The van der Waals surface area contributed by atoms with Crippen molar-refractivity contribution >= 4 is 40.4 Å². The van der Waals surface area contributed by atoms with E-state index in [0.29, 0.717) is 48.8 Å². The first-order valence-electron chi connectivity index (χ1n) is 22.4. The largest absolute Gasteiger partial charge is 0.493 e. The van der Waals surface area contributed by atoms with E-state index < -0.39 is 5.41 Å². The maximum atomic E-state index is 14.2. The summed E-state index contributed by atoms with van der Waals surface area (Å²) in [6.07, 6.45) is 17.5. The molecule has 1 fully saturated rings. The van der Waals surface area contributed by atoms with Crippen LogP contribution in [0.15, 0.2) is 125 Å². The molecule has 1 aliphatic carbocycles. The highest BCUT2D eigenvalue weighted by atomic mass is 16.5. The molecular formula is C55H57N3O5. The summed E-state index contributed by atoms with van der Waals surface area (Å²) in [7, 11) is 1.58. The number of aliphatic imine (C=N–C) groups is 1. The van der Waals surface area contributed by atoms with Crippen LogP contribution in [0.5, 0.6) is 17.2 Å². The zero-order valence-corrected chi connectivity index (χ0v) is 37.4. The first kappa shape index (κ1) is 41.9. The molecule has 9 rings (SSSR count). The van der Waals surface area contributed by atoms with Gasteiger partial charge in [-0.3, -0.25) is 14.6 Å². The van der Waals surface area contributed by atoms with Crippen molar-refractivity contribution in [2.75, 3.05) is 38.3 Å². The molecule has 4 aliphatic heterocycles. The second-order valence-electron chi connectivity index (χ2n) is 18.0. The lowest BCUT2D eigenvalue weighted by Crippen LogP contribution is -2.33. The summed E-state index contributed by atoms with van der Waals surface area (Å²) in [6.45, 7) is 13.4. The molecule has 4 aromatic rings. The van der Waals surface area contributed by atoms with Crippen molar-refractivity contribution in [3.05, 3.63) is 159 Å². The number of amides is 1. The van der Waals surface area contributed by atoms with Gasteiger partial charge in [0.2, 0.25) is 0 Å². The van der Waals surface area contributed by atoms with Gasteiger partial charge in [-0.1, -0.05) is 78.3 Å². The Morgan fingerprint density at radius 2 is 1.54 bits per heavy atom. The number of carbonyl (C=O) groups excluding carboxylic acids is 2. The van der Waals surface area contributed by atoms with Crippen molar-refractivity contribution in [2.45, 2.75) is 79.2 Å². The fourth-order valence-corrected chi connectivity index (χ4v) is 9.63. The highest BCUT2D eigenvalue weighted by Gasteiger charge is 2.36. The van der Waals surface area contributed by atoms with E-state index in [1.54, 1.807) is 30.9 Å². The third kappa shape index (κ3) is 8.56. The predicted octanol–water partition coefficient (Wildman–Crippen LogP) is 11.8. The quantitative estimate of drug-likeness (QED) is 0.117. The second-order valence-corrected chi connectivity index (χ2v) is 18.0. The third-order valence-electron chi connectivity index (χ3n) is 13.4. The number of piperidine rings is 1. The second kappa shape index (κ2) is 17.4. The summed E-state index contributed by atoms with van der Waals surface area (Å²) in [5.74, 6) is 1.68. The van der Waals surface area contributed by atoms with Gasteiger partial charge >= 0.3 is 0 Å². The van der Waals surface area contributed by atoms with Crippen molar-refractivity contribution in [1.29, 1.82) is 0 Å². The van der Waals surface area contributed by atoms with Gasteiger partial charge in [0.05, 0.1) is 37.6 Å². The van der Waals surface area contributed by atoms with Gasteiger partial charge in [-0.2, -0.15) is 0 Å². The van der Waals surface area contributed by atoms with Crippen LogP contribution in [0.1, 0.15) is 101 Å². The summed E-state index contributed by atoms with van der Waals surface area (Å²) >= 11 is 0. The Hall–Kier alpha value is -6.41. The average molecular weight is 840 g/mol. The van der Waals surface area contributed by atoms with Crippen molar-refractivity contribution in [1.82, 2.24) is 4.90 Å².